The van der Waals surface area contributed by atoms with Crippen LogP contribution in [0.15, 0.2) is 52.8 Å². The molecule has 20 heavy (non-hydrogen) atoms. The van der Waals surface area contributed by atoms with Crippen molar-refractivity contribution in [3.63, 3.8) is 0 Å². The summed E-state index contributed by atoms with van der Waals surface area (Å²) in [5.41, 5.74) is 1.34. The summed E-state index contributed by atoms with van der Waals surface area (Å²) in [4.78, 5) is 0. The molecular weight excluding hydrogens is 246 g/mol. The SMILES string of the molecule is C1=C[C@@H]2[C@H](C1)[C@@H]1C[C@@H]2[C@@H]2[C@@H]1N=NN2Cc1ccccc1. The molecule has 6 atom stereocenters. The van der Waals surface area contributed by atoms with Gasteiger partial charge in [0.2, 0.25) is 0 Å². The lowest BCUT2D eigenvalue weighted by atomic mass is 9.76. The minimum absolute atomic E-state index is 0.477. The highest BCUT2D eigenvalue weighted by atomic mass is 15.6. The molecule has 1 aromatic carbocycles. The number of benzene rings is 1. The largest absolute Gasteiger partial charge is 0.269 e. The Morgan fingerprint density at radius 1 is 1.10 bits per heavy atom. The molecular formula is C17H19N3. The van der Waals surface area contributed by atoms with E-state index in [9.17, 15) is 0 Å². The Balaban J connectivity index is 1.42. The van der Waals surface area contributed by atoms with Gasteiger partial charge in [-0.1, -0.05) is 47.7 Å². The summed E-state index contributed by atoms with van der Waals surface area (Å²) in [6.45, 7) is 0.913. The van der Waals surface area contributed by atoms with Gasteiger partial charge in [-0.25, -0.2) is 0 Å². The Bertz CT molecular complexity index is 579. The number of hydrogen-bond donors (Lipinski definition) is 0. The molecule has 2 saturated carbocycles. The first-order valence-electron chi connectivity index (χ1n) is 7.80. The first-order chi connectivity index (χ1) is 9.92. The Hall–Kier alpha value is -1.64. The predicted molar refractivity (Wildman–Crippen MR) is 76.8 cm³/mol. The van der Waals surface area contributed by atoms with E-state index in [1.54, 1.807) is 0 Å². The zero-order valence-corrected chi connectivity index (χ0v) is 11.5. The van der Waals surface area contributed by atoms with E-state index in [4.69, 9.17) is 0 Å². The van der Waals surface area contributed by atoms with E-state index in [0.717, 1.165) is 30.2 Å². The number of hydrogen-bond acceptors (Lipinski definition) is 3. The van der Waals surface area contributed by atoms with Gasteiger partial charge in [0.25, 0.3) is 0 Å². The molecule has 3 aliphatic carbocycles. The second kappa shape index (κ2) is 3.94. The van der Waals surface area contributed by atoms with Crippen molar-refractivity contribution >= 4 is 0 Å². The van der Waals surface area contributed by atoms with E-state index in [2.05, 4.69) is 57.8 Å². The summed E-state index contributed by atoms with van der Waals surface area (Å²) >= 11 is 0. The van der Waals surface area contributed by atoms with Crippen molar-refractivity contribution in [1.82, 2.24) is 5.01 Å². The normalized spacial score (nSPS) is 43.3. The van der Waals surface area contributed by atoms with Crippen LogP contribution < -0.4 is 0 Å². The van der Waals surface area contributed by atoms with Crippen LogP contribution in [-0.2, 0) is 6.54 Å². The smallest absolute Gasteiger partial charge is 0.0983 e. The molecule has 102 valence electrons. The third-order valence-electron chi connectivity index (χ3n) is 5.91. The Morgan fingerprint density at radius 2 is 2.00 bits per heavy atom. The van der Waals surface area contributed by atoms with Crippen molar-refractivity contribution in [3.8, 4) is 0 Å². The molecule has 0 N–H and O–H groups in total. The fraction of sp³-hybridized carbons (Fsp3) is 0.529. The molecule has 0 amide bonds. The second-order valence-electron chi connectivity index (χ2n) is 6.74. The Labute approximate surface area is 119 Å². The quantitative estimate of drug-likeness (QED) is 0.753. The van der Waals surface area contributed by atoms with Crippen LogP contribution in [0.3, 0.4) is 0 Å². The number of rotatable bonds is 2. The van der Waals surface area contributed by atoms with Gasteiger partial charge in [0.05, 0.1) is 18.6 Å². The van der Waals surface area contributed by atoms with E-state index < -0.39 is 0 Å². The van der Waals surface area contributed by atoms with Gasteiger partial charge in [-0.3, -0.25) is 5.01 Å². The zero-order valence-electron chi connectivity index (χ0n) is 11.5. The molecule has 0 saturated heterocycles. The van der Waals surface area contributed by atoms with Crippen LogP contribution in [0.5, 0.6) is 0 Å². The van der Waals surface area contributed by atoms with Crippen molar-refractivity contribution in [2.75, 3.05) is 0 Å². The van der Waals surface area contributed by atoms with Gasteiger partial charge in [-0.2, -0.15) is 5.11 Å². The monoisotopic (exact) mass is 265 g/mol. The fourth-order valence-electron chi connectivity index (χ4n) is 5.17. The fourth-order valence-corrected chi connectivity index (χ4v) is 5.17. The average Bonchev–Trinajstić information content (AvgIpc) is 3.18. The van der Waals surface area contributed by atoms with E-state index in [1.165, 1.54) is 18.4 Å². The topological polar surface area (TPSA) is 28.0 Å². The highest BCUT2D eigenvalue weighted by Crippen LogP contribution is 2.60. The van der Waals surface area contributed by atoms with Crippen molar-refractivity contribution in [3.05, 3.63) is 48.0 Å². The lowest BCUT2D eigenvalue weighted by Crippen LogP contribution is -2.44. The van der Waals surface area contributed by atoms with Crippen LogP contribution in [0.1, 0.15) is 18.4 Å². The van der Waals surface area contributed by atoms with Gasteiger partial charge in [0.15, 0.2) is 0 Å². The molecule has 2 fully saturated rings. The van der Waals surface area contributed by atoms with E-state index >= 15 is 0 Å². The lowest BCUT2D eigenvalue weighted by Gasteiger charge is -2.35. The molecule has 0 spiro atoms. The van der Waals surface area contributed by atoms with E-state index in [0.29, 0.717) is 12.1 Å². The average molecular weight is 265 g/mol. The van der Waals surface area contributed by atoms with Crippen LogP contribution in [0.2, 0.25) is 0 Å². The van der Waals surface area contributed by atoms with Gasteiger partial charge in [0, 0.05) is 0 Å². The molecule has 1 aromatic rings. The molecule has 4 aliphatic rings. The van der Waals surface area contributed by atoms with Gasteiger partial charge in [0.1, 0.15) is 0 Å². The van der Waals surface area contributed by atoms with Crippen LogP contribution in [-0.4, -0.2) is 17.1 Å². The summed E-state index contributed by atoms with van der Waals surface area (Å²) in [6, 6.07) is 11.7. The van der Waals surface area contributed by atoms with Crippen molar-refractivity contribution in [2.24, 2.45) is 34.0 Å². The third kappa shape index (κ3) is 1.36. The van der Waals surface area contributed by atoms with Gasteiger partial charge < -0.3 is 0 Å². The summed E-state index contributed by atoms with van der Waals surface area (Å²) in [6.07, 6.45) is 7.53. The number of nitrogens with zero attached hydrogens (tertiary/aromatic N) is 3. The molecule has 0 unspecified atom stereocenters. The number of allylic oxidation sites excluding steroid dienone is 2. The van der Waals surface area contributed by atoms with Gasteiger partial charge in [-0.15, -0.1) is 0 Å². The minimum Gasteiger partial charge on any atom is -0.269 e. The van der Waals surface area contributed by atoms with Crippen LogP contribution in [0, 0.1) is 23.7 Å². The molecule has 0 aromatic heterocycles. The zero-order chi connectivity index (χ0) is 13.1. The highest BCUT2D eigenvalue weighted by molar-refractivity contribution is 5.22. The van der Waals surface area contributed by atoms with Gasteiger partial charge >= 0.3 is 0 Å². The maximum atomic E-state index is 4.64. The van der Waals surface area contributed by atoms with Crippen LogP contribution in [0.4, 0.5) is 0 Å². The first-order valence-corrected chi connectivity index (χ1v) is 7.80. The summed E-state index contributed by atoms with van der Waals surface area (Å²) in [5, 5.41) is 11.4. The van der Waals surface area contributed by atoms with Crippen LogP contribution >= 0.6 is 0 Å². The van der Waals surface area contributed by atoms with Gasteiger partial charge in [-0.05, 0) is 42.1 Å². The van der Waals surface area contributed by atoms with Crippen molar-refractivity contribution in [1.29, 1.82) is 0 Å². The minimum atomic E-state index is 0.477. The Kier molecular flexibility index (Phi) is 2.18. The van der Waals surface area contributed by atoms with Crippen LogP contribution in [0.25, 0.3) is 0 Å². The molecule has 5 rings (SSSR count). The predicted octanol–water partition coefficient (Wildman–Crippen LogP) is 3.45. The van der Waals surface area contributed by atoms with E-state index in [1.807, 2.05) is 0 Å². The van der Waals surface area contributed by atoms with E-state index in [-0.39, 0.29) is 0 Å². The Morgan fingerprint density at radius 3 is 2.90 bits per heavy atom. The second-order valence-corrected chi connectivity index (χ2v) is 6.74. The summed E-state index contributed by atoms with van der Waals surface area (Å²) < 4.78 is 0. The standard InChI is InChI=1S/C17H19N3/c1-2-5-11(6-3-1)10-20-17-15-9-14(16(17)18-19-20)12-7-4-8-13(12)15/h1-6,8,12-17H,7,9-10H2/t12-,13+,14-,15-,16+,17+/m0/s1. The molecule has 3 nitrogen and oxygen atoms in total. The molecule has 1 heterocycles. The molecule has 2 bridgehead atoms. The van der Waals surface area contributed by atoms with Crippen molar-refractivity contribution in [2.45, 2.75) is 31.5 Å². The summed E-state index contributed by atoms with van der Waals surface area (Å²) in [5.74, 6) is 3.25. The van der Waals surface area contributed by atoms with Crippen molar-refractivity contribution < 1.29 is 0 Å². The number of fused-ring (bicyclic) bond motifs is 8. The maximum absolute atomic E-state index is 4.64. The molecule has 1 aliphatic heterocycles. The highest BCUT2D eigenvalue weighted by Gasteiger charge is 2.61. The lowest BCUT2D eigenvalue weighted by molar-refractivity contribution is 0.119. The summed E-state index contributed by atoms with van der Waals surface area (Å²) in [7, 11) is 0. The molecule has 0 radical (unpaired) electrons. The third-order valence-corrected chi connectivity index (χ3v) is 5.91. The first kappa shape index (κ1) is 11.1. The maximum Gasteiger partial charge on any atom is 0.0983 e. The molecule has 3 heteroatoms.